The molecule has 0 heterocycles. The second-order valence-electron chi connectivity index (χ2n) is 2.50. The van der Waals surface area contributed by atoms with Gasteiger partial charge in [0.05, 0.1) is 5.02 Å². The van der Waals surface area contributed by atoms with Crippen molar-refractivity contribution in [3.05, 3.63) is 27.2 Å². The van der Waals surface area contributed by atoms with Gasteiger partial charge in [0.15, 0.2) is 0 Å². The van der Waals surface area contributed by atoms with Crippen LogP contribution in [0.4, 0.5) is 0 Å². The maximum atomic E-state index is 10.6. The Morgan fingerprint density at radius 2 is 2.00 bits per heavy atom. The van der Waals surface area contributed by atoms with Crippen molar-refractivity contribution in [2.45, 2.75) is 6.92 Å². The SMILES string of the molecule is Cc1c(Cl)cc(C(=O)O)c(O)c1Cl. The Morgan fingerprint density at radius 3 is 2.46 bits per heavy atom. The van der Waals surface area contributed by atoms with E-state index in [2.05, 4.69) is 0 Å². The molecule has 0 aliphatic carbocycles. The van der Waals surface area contributed by atoms with Gasteiger partial charge in [-0.25, -0.2) is 4.79 Å². The van der Waals surface area contributed by atoms with E-state index in [1.807, 2.05) is 0 Å². The summed E-state index contributed by atoms with van der Waals surface area (Å²) in [4.78, 5) is 10.6. The molecular formula is C8H6Cl2O3. The molecule has 0 aromatic heterocycles. The highest BCUT2D eigenvalue weighted by molar-refractivity contribution is 6.37. The van der Waals surface area contributed by atoms with E-state index in [1.165, 1.54) is 6.07 Å². The average Bonchev–Trinajstić information content (AvgIpc) is 2.07. The third-order valence-electron chi connectivity index (χ3n) is 1.65. The fourth-order valence-electron chi connectivity index (χ4n) is 0.867. The molecule has 0 saturated carbocycles. The lowest BCUT2D eigenvalue weighted by Gasteiger charge is -2.06. The summed E-state index contributed by atoms with van der Waals surface area (Å²) in [6, 6.07) is 1.17. The van der Waals surface area contributed by atoms with E-state index in [0.29, 0.717) is 5.56 Å². The van der Waals surface area contributed by atoms with Crippen LogP contribution in [-0.2, 0) is 0 Å². The molecule has 0 atom stereocenters. The summed E-state index contributed by atoms with van der Waals surface area (Å²) in [6.45, 7) is 1.59. The van der Waals surface area contributed by atoms with Gasteiger partial charge in [-0.3, -0.25) is 0 Å². The third kappa shape index (κ3) is 1.71. The summed E-state index contributed by atoms with van der Waals surface area (Å²) in [5, 5.41) is 18.1. The molecule has 70 valence electrons. The number of aromatic hydroxyl groups is 1. The Balaban J connectivity index is 3.50. The first-order valence-electron chi connectivity index (χ1n) is 3.36. The topological polar surface area (TPSA) is 57.5 Å². The summed E-state index contributed by atoms with van der Waals surface area (Å²) in [5.74, 6) is -1.71. The fourth-order valence-corrected chi connectivity index (χ4v) is 1.32. The van der Waals surface area contributed by atoms with Gasteiger partial charge in [0, 0.05) is 5.02 Å². The quantitative estimate of drug-likeness (QED) is 0.766. The van der Waals surface area contributed by atoms with Gasteiger partial charge in [0.2, 0.25) is 0 Å². The van der Waals surface area contributed by atoms with Crippen molar-refractivity contribution in [2.75, 3.05) is 0 Å². The van der Waals surface area contributed by atoms with Crippen LogP contribution in [0.15, 0.2) is 6.07 Å². The van der Waals surface area contributed by atoms with Crippen molar-refractivity contribution in [3.63, 3.8) is 0 Å². The Hall–Kier alpha value is -0.930. The van der Waals surface area contributed by atoms with Gasteiger partial charge in [-0.05, 0) is 18.6 Å². The summed E-state index contributed by atoms with van der Waals surface area (Å²) >= 11 is 11.3. The monoisotopic (exact) mass is 220 g/mol. The highest BCUT2D eigenvalue weighted by Gasteiger charge is 2.16. The number of rotatable bonds is 1. The Kier molecular flexibility index (Phi) is 2.68. The Labute approximate surface area is 84.5 Å². The minimum absolute atomic E-state index is 0.0232. The van der Waals surface area contributed by atoms with Crippen LogP contribution in [0.3, 0.4) is 0 Å². The van der Waals surface area contributed by atoms with Crippen molar-refractivity contribution in [1.29, 1.82) is 0 Å². The second-order valence-corrected chi connectivity index (χ2v) is 3.28. The molecule has 0 radical (unpaired) electrons. The lowest BCUT2D eigenvalue weighted by Crippen LogP contribution is -1.98. The minimum Gasteiger partial charge on any atom is -0.505 e. The summed E-state index contributed by atoms with van der Waals surface area (Å²) < 4.78 is 0. The fraction of sp³-hybridized carbons (Fsp3) is 0.125. The molecule has 0 amide bonds. The number of benzene rings is 1. The molecule has 0 bridgehead atoms. The van der Waals surface area contributed by atoms with Crippen LogP contribution in [0.2, 0.25) is 10.0 Å². The van der Waals surface area contributed by atoms with Crippen LogP contribution >= 0.6 is 23.2 Å². The van der Waals surface area contributed by atoms with Crippen molar-refractivity contribution in [2.24, 2.45) is 0 Å². The van der Waals surface area contributed by atoms with Gasteiger partial charge in [-0.1, -0.05) is 23.2 Å². The van der Waals surface area contributed by atoms with Crippen LogP contribution in [0.5, 0.6) is 5.75 Å². The predicted molar refractivity (Wildman–Crippen MR) is 49.8 cm³/mol. The molecule has 3 nitrogen and oxygen atoms in total. The van der Waals surface area contributed by atoms with Crippen LogP contribution in [0.1, 0.15) is 15.9 Å². The number of carbonyl (C=O) groups is 1. The maximum absolute atomic E-state index is 10.6. The lowest BCUT2D eigenvalue weighted by molar-refractivity contribution is 0.0694. The van der Waals surface area contributed by atoms with Gasteiger partial charge in [0.1, 0.15) is 11.3 Å². The first-order chi connectivity index (χ1) is 5.95. The summed E-state index contributed by atoms with van der Waals surface area (Å²) in [5.41, 5.74) is 0.173. The number of carboxylic acid groups (broad SMARTS) is 1. The largest absolute Gasteiger partial charge is 0.505 e. The van der Waals surface area contributed by atoms with E-state index < -0.39 is 11.7 Å². The molecule has 0 saturated heterocycles. The van der Waals surface area contributed by atoms with E-state index >= 15 is 0 Å². The first kappa shape index (κ1) is 10.2. The van der Waals surface area contributed by atoms with Crippen LogP contribution in [-0.4, -0.2) is 16.2 Å². The molecule has 1 rings (SSSR count). The molecule has 13 heavy (non-hydrogen) atoms. The van der Waals surface area contributed by atoms with Crippen LogP contribution in [0.25, 0.3) is 0 Å². The number of aromatic carboxylic acids is 1. The predicted octanol–water partition coefficient (Wildman–Crippen LogP) is 2.71. The van der Waals surface area contributed by atoms with Gasteiger partial charge >= 0.3 is 5.97 Å². The summed E-state index contributed by atoms with van der Waals surface area (Å²) in [7, 11) is 0. The van der Waals surface area contributed by atoms with Crippen molar-refractivity contribution in [3.8, 4) is 5.75 Å². The second kappa shape index (κ2) is 3.44. The summed E-state index contributed by atoms with van der Waals surface area (Å²) in [6.07, 6.45) is 0. The Bertz CT molecular complexity index is 374. The zero-order valence-electron chi connectivity index (χ0n) is 6.64. The maximum Gasteiger partial charge on any atom is 0.339 e. The van der Waals surface area contributed by atoms with Gasteiger partial charge in [0.25, 0.3) is 0 Å². The van der Waals surface area contributed by atoms with Crippen molar-refractivity contribution >= 4 is 29.2 Å². The zero-order chi connectivity index (χ0) is 10.2. The number of halogens is 2. The number of hydrogen-bond acceptors (Lipinski definition) is 2. The smallest absolute Gasteiger partial charge is 0.339 e. The lowest BCUT2D eigenvalue weighted by atomic mass is 10.1. The number of phenols is 1. The van der Waals surface area contributed by atoms with E-state index in [1.54, 1.807) is 6.92 Å². The van der Waals surface area contributed by atoms with Gasteiger partial charge < -0.3 is 10.2 Å². The molecule has 0 aliphatic rings. The minimum atomic E-state index is -1.26. The van der Waals surface area contributed by atoms with Crippen molar-refractivity contribution in [1.82, 2.24) is 0 Å². The average molecular weight is 221 g/mol. The zero-order valence-corrected chi connectivity index (χ0v) is 8.15. The van der Waals surface area contributed by atoms with E-state index in [9.17, 15) is 9.90 Å². The molecular weight excluding hydrogens is 215 g/mol. The molecule has 2 N–H and O–H groups in total. The number of hydrogen-bond donors (Lipinski definition) is 2. The van der Waals surface area contributed by atoms with E-state index in [-0.39, 0.29) is 15.6 Å². The number of carboxylic acids is 1. The Morgan fingerprint density at radius 1 is 1.46 bits per heavy atom. The molecule has 0 fully saturated rings. The first-order valence-corrected chi connectivity index (χ1v) is 4.11. The van der Waals surface area contributed by atoms with Crippen LogP contribution in [0, 0.1) is 6.92 Å². The van der Waals surface area contributed by atoms with Crippen LogP contribution < -0.4 is 0 Å². The van der Waals surface area contributed by atoms with E-state index in [0.717, 1.165) is 0 Å². The molecule has 1 aromatic rings. The molecule has 5 heteroatoms. The molecule has 1 aromatic carbocycles. The normalized spacial score (nSPS) is 10.1. The highest BCUT2D eigenvalue weighted by atomic mass is 35.5. The van der Waals surface area contributed by atoms with E-state index in [4.69, 9.17) is 28.3 Å². The third-order valence-corrected chi connectivity index (χ3v) is 2.51. The molecule has 0 spiro atoms. The van der Waals surface area contributed by atoms with Gasteiger partial charge in [-0.15, -0.1) is 0 Å². The molecule has 0 unspecified atom stereocenters. The van der Waals surface area contributed by atoms with Crippen molar-refractivity contribution < 1.29 is 15.0 Å². The van der Waals surface area contributed by atoms with Gasteiger partial charge in [-0.2, -0.15) is 0 Å². The standard InChI is InChI=1S/C8H6Cl2O3/c1-3-5(9)2-4(8(12)13)7(11)6(3)10/h2,11H,1H3,(H,12,13). The molecule has 0 aliphatic heterocycles. The highest BCUT2D eigenvalue weighted by Crippen LogP contribution is 2.35.